The van der Waals surface area contributed by atoms with E-state index in [-0.39, 0.29) is 28.3 Å². The van der Waals surface area contributed by atoms with Crippen LogP contribution in [0.15, 0.2) is 39.5 Å². The Hall–Kier alpha value is -2.86. The third kappa shape index (κ3) is 3.66. The van der Waals surface area contributed by atoms with Crippen molar-refractivity contribution in [1.82, 2.24) is 0 Å². The van der Waals surface area contributed by atoms with Gasteiger partial charge in [-0.25, -0.2) is 9.18 Å². The van der Waals surface area contributed by atoms with Crippen molar-refractivity contribution >= 4 is 28.5 Å². The van der Waals surface area contributed by atoms with Crippen molar-refractivity contribution in [3.8, 4) is 5.75 Å². The van der Waals surface area contributed by atoms with Crippen LogP contribution in [0.3, 0.4) is 0 Å². The number of rotatable bonds is 5. The summed E-state index contributed by atoms with van der Waals surface area (Å²) in [5, 5.41) is 11.7. The van der Waals surface area contributed by atoms with E-state index in [1.54, 1.807) is 32.0 Å². The third-order valence-corrected chi connectivity index (χ3v) is 4.76. The number of halogens is 2. The molecule has 1 aromatic heterocycles. The van der Waals surface area contributed by atoms with Gasteiger partial charge in [-0.2, -0.15) is 0 Å². The van der Waals surface area contributed by atoms with Crippen LogP contribution in [-0.2, 0) is 17.8 Å². The number of aliphatic carboxylic acids is 1. The zero-order valence-corrected chi connectivity index (χ0v) is 15.4. The first-order valence-corrected chi connectivity index (χ1v) is 8.48. The van der Waals surface area contributed by atoms with E-state index in [2.05, 4.69) is 0 Å². The molecule has 2 aromatic carbocycles. The molecule has 0 saturated carbocycles. The van der Waals surface area contributed by atoms with Gasteiger partial charge in [-0.3, -0.25) is 0 Å². The van der Waals surface area contributed by atoms with Crippen LogP contribution in [0.4, 0.5) is 4.39 Å². The molecule has 0 bridgehead atoms. The first-order chi connectivity index (χ1) is 12.8. The number of carbonyl (C=O) groups excluding carboxylic acids is 1. The van der Waals surface area contributed by atoms with Crippen molar-refractivity contribution < 1.29 is 23.4 Å². The largest absolute Gasteiger partial charge is 0.550 e. The average molecular weight is 390 g/mol. The van der Waals surface area contributed by atoms with Gasteiger partial charge in [-0.15, -0.1) is 0 Å². The van der Waals surface area contributed by atoms with Gasteiger partial charge in [0.25, 0.3) is 0 Å². The van der Waals surface area contributed by atoms with Gasteiger partial charge in [0.2, 0.25) is 0 Å². The molecule has 0 unspecified atom stereocenters. The Morgan fingerprint density at radius 2 is 1.93 bits per heavy atom. The number of benzene rings is 2. The van der Waals surface area contributed by atoms with Crippen LogP contribution in [0.1, 0.15) is 22.3 Å². The Morgan fingerprint density at radius 3 is 2.59 bits per heavy atom. The summed E-state index contributed by atoms with van der Waals surface area (Å²) in [7, 11) is 0. The highest BCUT2D eigenvalue weighted by molar-refractivity contribution is 6.31. The van der Waals surface area contributed by atoms with Crippen molar-refractivity contribution in [3.63, 3.8) is 0 Å². The number of carbonyl (C=O) groups is 1. The number of hydrogen-bond donors (Lipinski definition) is 0. The number of hydrogen-bond acceptors (Lipinski definition) is 5. The monoisotopic (exact) mass is 389 g/mol. The molecule has 0 aliphatic carbocycles. The Labute approximate surface area is 158 Å². The van der Waals surface area contributed by atoms with Crippen molar-refractivity contribution in [2.75, 3.05) is 0 Å². The SMILES string of the molecule is Cc1c(CC(=O)[O-])c(=O)oc2c(C)c(OCc3c(F)cccc3Cl)ccc12. The summed E-state index contributed by atoms with van der Waals surface area (Å²) in [6, 6.07) is 7.68. The smallest absolute Gasteiger partial charge is 0.340 e. The molecular formula is C20H15ClFO5-. The Bertz CT molecular complexity index is 1080. The average Bonchev–Trinajstić information content (AvgIpc) is 2.60. The quantitative estimate of drug-likeness (QED) is 0.626. The summed E-state index contributed by atoms with van der Waals surface area (Å²) in [6.45, 7) is 3.25. The molecule has 3 rings (SSSR count). The van der Waals surface area contributed by atoms with Crippen LogP contribution in [-0.4, -0.2) is 5.97 Å². The van der Waals surface area contributed by atoms with Crippen LogP contribution in [0.2, 0.25) is 5.02 Å². The van der Waals surface area contributed by atoms with Crippen molar-refractivity contribution in [2.24, 2.45) is 0 Å². The van der Waals surface area contributed by atoms with Gasteiger partial charge in [0.15, 0.2) is 0 Å². The zero-order valence-electron chi connectivity index (χ0n) is 14.6. The predicted molar refractivity (Wildman–Crippen MR) is 96.4 cm³/mol. The van der Waals surface area contributed by atoms with E-state index in [0.29, 0.717) is 22.3 Å². The molecule has 0 aliphatic heterocycles. The van der Waals surface area contributed by atoms with Crippen LogP contribution in [0.25, 0.3) is 11.0 Å². The highest BCUT2D eigenvalue weighted by Crippen LogP contribution is 2.30. The molecule has 0 spiro atoms. The van der Waals surface area contributed by atoms with Gasteiger partial charge in [0, 0.05) is 34.5 Å². The van der Waals surface area contributed by atoms with Crippen LogP contribution in [0.5, 0.6) is 5.75 Å². The van der Waals surface area contributed by atoms with E-state index >= 15 is 0 Å². The van der Waals surface area contributed by atoms with Crippen LogP contribution >= 0.6 is 11.6 Å². The zero-order chi connectivity index (χ0) is 19.7. The van der Waals surface area contributed by atoms with Crippen molar-refractivity contribution in [2.45, 2.75) is 26.9 Å². The number of carboxylic acid groups (broad SMARTS) is 1. The predicted octanol–water partition coefficient (Wildman–Crippen LogP) is 3.07. The first kappa shape index (κ1) is 18.9. The summed E-state index contributed by atoms with van der Waals surface area (Å²) in [4.78, 5) is 23.0. The van der Waals surface area contributed by atoms with Crippen molar-refractivity contribution in [1.29, 1.82) is 0 Å². The molecule has 27 heavy (non-hydrogen) atoms. The highest BCUT2D eigenvalue weighted by Gasteiger charge is 2.16. The topological polar surface area (TPSA) is 79.6 Å². The number of carboxylic acids is 1. The van der Waals surface area contributed by atoms with Gasteiger partial charge in [0.1, 0.15) is 23.8 Å². The molecule has 7 heteroatoms. The molecule has 0 amide bonds. The van der Waals surface area contributed by atoms with Gasteiger partial charge >= 0.3 is 5.63 Å². The van der Waals surface area contributed by atoms with Gasteiger partial charge in [-0.1, -0.05) is 17.7 Å². The maximum absolute atomic E-state index is 13.9. The highest BCUT2D eigenvalue weighted by atomic mass is 35.5. The van der Waals surface area contributed by atoms with E-state index in [1.165, 1.54) is 12.1 Å². The maximum Gasteiger partial charge on any atom is 0.340 e. The maximum atomic E-state index is 13.9. The molecule has 5 nitrogen and oxygen atoms in total. The Kier molecular flexibility index (Phi) is 5.19. The molecule has 0 fully saturated rings. The fraction of sp³-hybridized carbons (Fsp3) is 0.200. The Morgan fingerprint density at radius 1 is 1.19 bits per heavy atom. The molecule has 0 aliphatic rings. The summed E-state index contributed by atoms with van der Waals surface area (Å²) in [6.07, 6.45) is -0.521. The van der Waals surface area contributed by atoms with E-state index in [9.17, 15) is 19.1 Å². The van der Waals surface area contributed by atoms with E-state index in [0.717, 1.165) is 0 Å². The number of aryl methyl sites for hydroxylation is 2. The minimum atomic E-state index is -1.36. The molecule has 1 heterocycles. The number of fused-ring (bicyclic) bond motifs is 1. The lowest BCUT2D eigenvalue weighted by molar-refractivity contribution is -0.304. The molecular weight excluding hydrogens is 375 g/mol. The van der Waals surface area contributed by atoms with E-state index < -0.39 is 23.8 Å². The summed E-state index contributed by atoms with van der Waals surface area (Å²) in [5.41, 5.74) is 0.880. The minimum Gasteiger partial charge on any atom is -0.550 e. The number of ether oxygens (including phenoxy) is 1. The summed E-state index contributed by atoms with van der Waals surface area (Å²) in [5.74, 6) is -1.43. The first-order valence-electron chi connectivity index (χ1n) is 8.11. The lowest BCUT2D eigenvalue weighted by Crippen LogP contribution is -2.27. The molecule has 3 aromatic rings. The fourth-order valence-corrected chi connectivity index (χ4v) is 3.11. The molecule has 0 N–H and O–H groups in total. The van der Waals surface area contributed by atoms with Crippen LogP contribution in [0, 0.1) is 19.7 Å². The molecule has 0 radical (unpaired) electrons. The second-order valence-electron chi connectivity index (χ2n) is 6.10. The molecule has 0 saturated heterocycles. The molecule has 0 atom stereocenters. The normalized spacial score (nSPS) is 11.0. The van der Waals surface area contributed by atoms with Gasteiger partial charge < -0.3 is 19.1 Å². The third-order valence-electron chi connectivity index (χ3n) is 4.41. The van der Waals surface area contributed by atoms with E-state index in [4.69, 9.17) is 20.8 Å². The van der Waals surface area contributed by atoms with Gasteiger partial charge in [-0.05, 0) is 43.7 Å². The van der Waals surface area contributed by atoms with Crippen LogP contribution < -0.4 is 15.5 Å². The Balaban J connectivity index is 2.00. The lowest BCUT2D eigenvalue weighted by Gasteiger charge is -2.14. The summed E-state index contributed by atoms with van der Waals surface area (Å²) >= 11 is 6.00. The standard InChI is InChI=1S/C20H16ClFO5/c1-10-12-6-7-17(26-9-14-15(21)4-3-5-16(14)22)11(2)19(12)27-20(25)13(10)8-18(23)24/h3-7H,8-9H2,1-2H3,(H,23,24)/p-1. The van der Waals surface area contributed by atoms with Gasteiger partial charge in [0.05, 0.1) is 5.02 Å². The van der Waals surface area contributed by atoms with E-state index in [1.807, 2.05) is 0 Å². The van der Waals surface area contributed by atoms with Crippen molar-refractivity contribution in [3.05, 3.63) is 73.8 Å². The summed E-state index contributed by atoms with van der Waals surface area (Å²) < 4.78 is 24.9. The lowest BCUT2D eigenvalue weighted by atomic mass is 10.0. The molecule has 140 valence electrons. The second kappa shape index (κ2) is 7.40. The second-order valence-corrected chi connectivity index (χ2v) is 6.50. The fourth-order valence-electron chi connectivity index (χ4n) is 2.90. The minimum absolute atomic E-state index is 0.0497.